The molecule has 0 aliphatic rings. The molecule has 0 amide bonds. The van der Waals surface area contributed by atoms with Crippen molar-refractivity contribution in [3.63, 3.8) is 0 Å². The molecule has 0 saturated heterocycles. The first-order valence-corrected chi connectivity index (χ1v) is 6.06. The molecule has 0 aromatic heterocycles. The highest BCUT2D eigenvalue weighted by Crippen LogP contribution is 2.27. The average Bonchev–Trinajstić information content (AvgIpc) is 2.46. The van der Waals surface area contributed by atoms with Gasteiger partial charge in [0.25, 0.3) is 0 Å². The summed E-state index contributed by atoms with van der Waals surface area (Å²) < 4.78 is 20.1. The number of hydrogen-bond acceptors (Lipinski definition) is 5. The summed E-state index contributed by atoms with van der Waals surface area (Å²) in [4.78, 5) is 10.8. The lowest BCUT2D eigenvalue weighted by atomic mass is 10.1. The lowest BCUT2D eigenvalue weighted by Crippen LogP contribution is -2.11. The molecular formula is C14H20O5. The zero-order valence-electron chi connectivity index (χ0n) is 11.6. The summed E-state index contributed by atoms with van der Waals surface area (Å²) in [5.74, 6) is 1.08. The van der Waals surface area contributed by atoms with Crippen LogP contribution in [0.15, 0.2) is 18.2 Å². The molecule has 0 aliphatic heterocycles. The van der Waals surface area contributed by atoms with Crippen molar-refractivity contribution in [3.05, 3.63) is 23.8 Å². The molecule has 0 aliphatic carbocycles. The third kappa shape index (κ3) is 5.18. The minimum atomic E-state index is -0.355. The van der Waals surface area contributed by atoms with Crippen molar-refractivity contribution in [2.24, 2.45) is 0 Å². The van der Waals surface area contributed by atoms with Gasteiger partial charge in [-0.05, 0) is 30.5 Å². The summed E-state index contributed by atoms with van der Waals surface area (Å²) >= 11 is 0. The largest absolute Gasteiger partial charge is 0.493 e. The third-order valence-corrected chi connectivity index (χ3v) is 2.65. The van der Waals surface area contributed by atoms with E-state index in [0.717, 1.165) is 24.2 Å². The molecule has 0 spiro atoms. The van der Waals surface area contributed by atoms with Gasteiger partial charge in [-0.25, -0.2) is 4.79 Å². The highest BCUT2D eigenvalue weighted by molar-refractivity contribution is 5.70. The van der Waals surface area contributed by atoms with Gasteiger partial charge in [0.2, 0.25) is 0 Å². The first-order chi connectivity index (χ1) is 9.21. The Morgan fingerprint density at radius 1 is 1.11 bits per heavy atom. The SMILES string of the molecule is COC(=O)COCCCc1ccc(OC)c(OC)c1. The Hall–Kier alpha value is -1.75. The summed E-state index contributed by atoms with van der Waals surface area (Å²) in [5.41, 5.74) is 1.14. The van der Waals surface area contributed by atoms with E-state index in [1.165, 1.54) is 7.11 Å². The lowest BCUT2D eigenvalue weighted by molar-refractivity contribution is -0.145. The number of hydrogen-bond donors (Lipinski definition) is 0. The Morgan fingerprint density at radius 2 is 1.84 bits per heavy atom. The summed E-state index contributed by atoms with van der Waals surface area (Å²) in [6.45, 7) is 0.520. The van der Waals surface area contributed by atoms with Crippen molar-refractivity contribution >= 4 is 5.97 Å². The quantitative estimate of drug-likeness (QED) is 0.532. The predicted octanol–water partition coefficient (Wildman–Crippen LogP) is 1.83. The molecule has 5 nitrogen and oxygen atoms in total. The van der Waals surface area contributed by atoms with E-state index in [9.17, 15) is 4.79 Å². The molecule has 1 aromatic carbocycles. The molecule has 0 atom stereocenters. The molecule has 106 valence electrons. The van der Waals surface area contributed by atoms with Crippen molar-refractivity contribution in [1.82, 2.24) is 0 Å². The molecule has 0 fully saturated rings. The first-order valence-electron chi connectivity index (χ1n) is 6.06. The highest BCUT2D eigenvalue weighted by atomic mass is 16.6. The van der Waals surface area contributed by atoms with Crippen molar-refractivity contribution in [2.75, 3.05) is 34.5 Å². The van der Waals surface area contributed by atoms with Gasteiger partial charge in [-0.1, -0.05) is 6.07 Å². The van der Waals surface area contributed by atoms with Crippen molar-refractivity contribution in [3.8, 4) is 11.5 Å². The molecule has 19 heavy (non-hydrogen) atoms. The first kappa shape index (κ1) is 15.3. The van der Waals surface area contributed by atoms with Crippen molar-refractivity contribution in [1.29, 1.82) is 0 Å². The van der Waals surface area contributed by atoms with E-state index in [4.69, 9.17) is 14.2 Å². The van der Waals surface area contributed by atoms with Gasteiger partial charge in [0.15, 0.2) is 11.5 Å². The summed E-state index contributed by atoms with van der Waals surface area (Å²) in [6, 6.07) is 5.81. The fourth-order valence-corrected chi connectivity index (χ4v) is 1.63. The predicted molar refractivity (Wildman–Crippen MR) is 70.7 cm³/mol. The second-order valence-corrected chi connectivity index (χ2v) is 3.92. The molecule has 5 heteroatoms. The van der Waals surface area contributed by atoms with Crippen LogP contribution in [0.25, 0.3) is 0 Å². The second kappa shape index (κ2) is 8.37. The Labute approximate surface area is 113 Å². The van der Waals surface area contributed by atoms with Gasteiger partial charge in [0, 0.05) is 6.61 Å². The van der Waals surface area contributed by atoms with Crippen LogP contribution in [0.3, 0.4) is 0 Å². The molecule has 0 heterocycles. The fraction of sp³-hybridized carbons (Fsp3) is 0.500. The van der Waals surface area contributed by atoms with Crippen LogP contribution >= 0.6 is 0 Å². The van der Waals surface area contributed by atoms with E-state index < -0.39 is 0 Å². The van der Waals surface area contributed by atoms with Gasteiger partial charge in [-0.15, -0.1) is 0 Å². The van der Waals surface area contributed by atoms with Crippen LogP contribution < -0.4 is 9.47 Å². The normalized spacial score (nSPS) is 10.1. The number of ether oxygens (including phenoxy) is 4. The standard InChI is InChI=1S/C14H20O5/c1-16-12-7-6-11(9-13(12)17-2)5-4-8-19-10-14(15)18-3/h6-7,9H,4-5,8,10H2,1-3H3. The van der Waals surface area contributed by atoms with E-state index >= 15 is 0 Å². The summed E-state index contributed by atoms with van der Waals surface area (Å²) in [5, 5.41) is 0. The lowest BCUT2D eigenvalue weighted by Gasteiger charge is -2.09. The number of carbonyl (C=O) groups is 1. The second-order valence-electron chi connectivity index (χ2n) is 3.92. The number of methoxy groups -OCH3 is 3. The number of esters is 1. The average molecular weight is 268 g/mol. The van der Waals surface area contributed by atoms with Gasteiger partial charge in [0.1, 0.15) is 6.61 Å². The topological polar surface area (TPSA) is 54.0 Å². The maximum Gasteiger partial charge on any atom is 0.331 e. The maximum atomic E-state index is 10.8. The Morgan fingerprint density at radius 3 is 2.47 bits per heavy atom. The van der Waals surface area contributed by atoms with Crippen LogP contribution in [0.5, 0.6) is 11.5 Å². The molecule has 1 rings (SSSR count). The number of aryl methyl sites for hydroxylation is 1. The smallest absolute Gasteiger partial charge is 0.331 e. The third-order valence-electron chi connectivity index (χ3n) is 2.65. The molecular weight excluding hydrogens is 248 g/mol. The highest BCUT2D eigenvalue weighted by Gasteiger charge is 2.04. The van der Waals surface area contributed by atoms with Crippen LogP contribution in [0, 0.1) is 0 Å². The molecule has 0 saturated carbocycles. The number of carbonyl (C=O) groups excluding carboxylic acids is 1. The van der Waals surface area contributed by atoms with Gasteiger partial charge in [0.05, 0.1) is 21.3 Å². The van der Waals surface area contributed by atoms with Crippen molar-refractivity contribution < 1.29 is 23.7 Å². The number of benzene rings is 1. The summed E-state index contributed by atoms with van der Waals surface area (Å²) in [6.07, 6.45) is 1.67. The van der Waals surface area contributed by atoms with E-state index in [0.29, 0.717) is 12.4 Å². The molecule has 1 aromatic rings. The molecule has 0 unspecified atom stereocenters. The van der Waals surface area contributed by atoms with Crippen molar-refractivity contribution in [2.45, 2.75) is 12.8 Å². The zero-order valence-corrected chi connectivity index (χ0v) is 11.6. The van der Waals surface area contributed by atoms with Crippen LogP contribution in [-0.2, 0) is 20.7 Å². The van der Waals surface area contributed by atoms with E-state index in [-0.39, 0.29) is 12.6 Å². The molecule has 0 N–H and O–H groups in total. The van der Waals surface area contributed by atoms with Gasteiger partial charge < -0.3 is 18.9 Å². The van der Waals surface area contributed by atoms with Crippen LogP contribution in [0.2, 0.25) is 0 Å². The van der Waals surface area contributed by atoms with E-state index in [1.54, 1.807) is 14.2 Å². The molecule has 0 radical (unpaired) electrons. The Balaban J connectivity index is 2.35. The minimum absolute atomic E-state index is 0.00241. The Kier molecular flexibility index (Phi) is 6.74. The van der Waals surface area contributed by atoms with E-state index in [1.807, 2.05) is 18.2 Å². The van der Waals surface area contributed by atoms with Crippen LogP contribution in [0.1, 0.15) is 12.0 Å². The Bertz CT molecular complexity index is 403. The minimum Gasteiger partial charge on any atom is -0.493 e. The van der Waals surface area contributed by atoms with Gasteiger partial charge in [-0.3, -0.25) is 0 Å². The maximum absolute atomic E-state index is 10.8. The summed E-state index contributed by atoms with van der Waals surface area (Å²) in [7, 11) is 4.56. The zero-order chi connectivity index (χ0) is 14.1. The van der Waals surface area contributed by atoms with Crippen LogP contribution in [-0.4, -0.2) is 40.5 Å². The van der Waals surface area contributed by atoms with E-state index in [2.05, 4.69) is 4.74 Å². The number of rotatable bonds is 8. The van der Waals surface area contributed by atoms with Gasteiger partial charge >= 0.3 is 5.97 Å². The fourth-order valence-electron chi connectivity index (χ4n) is 1.63. The van der Waals surface area contributed by atoms with Crippen LogP contribution in [0.4, 0.5) is 0 Å². The monoisotopic (exact) mass is 268 g/mol. The van der Waals surface area contributed by atoms with Gasteiger partial charge in [-0.2, -0.15) is 0 Å². The molecule has 0 bridgehead atoms.